The van der Waals surface area contributed by atoms with Crippen molar-refractivity contribution in [3.63, 3.8) is 0 Å². The summed E-state index contributed by atoms with van der Waals surface area (Å²) in [5.74, 6) is 0.955. The van der Waals surface area contributed by atoms with E-state index in [-0.39, 0.29) is 29.7 Å². The van der Waals surface area contributed by atoms with Crippen molar-refractivity contribution in [2.24, 2.45) is 4.99 Å². The van der Waals surface area contributed by atoms with Crippen LogP contribution in [0.25, 0.3) is 0 Å². The highest BCUT2D eigenvalue weighted by molar-refractivity contribution is 14.0. The molecule has 5 nitrogen and oxygen atoms in total. The molecule has 0 bridgehead atoms. The second-order valence-corrected chi connectivity index (χ2v) is 5.36. The van der Waals surface area contributed by atoms with Crippen LogP contribution >= 0.6 is 24.0 Å². The van der Waals surface area contributed by atoms with E-state index in [0.717, 1.165) is 11.1 Å². The first kappa shape index (κ1) is 22.9. The van der Waals surface area contributed by atoms with Crippen molar-refractivity contribution in [3.8, 4) is 11.5 Å². The first-order valence-electron chi connectivity index (χ1n) is 8.31. The number of alkyl halides is 2. The Bertz CT molecular complexity index is 715. The van der Waals surface area contributed by atoms with Gasteiger partial charge in [0, 0.05) is 20.1 Å². The highest BCUT2D eigenvalue weighted by Gasteiger charge is 2.11. The van der Waals surface area contributed by atoms with Gasteiger partial charge >= 0.3 is 6.61 Å². The molecule has 0 saturated carbocycles. The lowest BCUT2D eigenvalue weighted by Gasteiger charge is -2.15. The van der Waals surface area contributed by atoms with Crippen LogP contribution in [-0.2, 0) is 13.1 Å². The summed E-state index contributed by atoms with van der Waals surface area (Å²) in [6.07, 6.45) is 0. The van der Waals surface area contributed by atoms with E-state index in [9.17, 15) is 8.78 Å². The summed E-state index contributed by atoms with van der Waals surface area (Å²) in [5.41, 5.74) is 2.00. The minimum absolute atomic E-state index is 0. The number of hydrogen-bond donors (Lipinski definition) is 2. The van der Waals surface area contributed by atoms with Crippen molar-refractivity contribution in [2.75, 3.05) is 13.7 Å². The van der Waals surface area contributed by atoms with E-state index in [4.69, 9.17) is 4.74 Å². The Morgan fingerprint density at radius 1 is 1.00 bits per heavy atom. The summed E-state index contributed by atoms with van der Waals surface area (Å²) in [5, 5.41) is 6.40. The zero-order valence-corrected chi connectivity index (χ0v) is 17.6. The fourth-order valence-electron chi connectivity index (χ4n) is 2.31. The fourth-order valence-corrected chi connectivity index (χ4v) is 2.31. The van der Waals surface area contributed by atoms with Crippen LogP contribution < -0.4 is 20.1 Å². The van der Waals surface area contributed by atoms with Gasteiger partial charge in [0.25, 0.3) is 0 Å². The summed E-state index contributed by atoms with van der Waals surface area (Å²) >= 11 is 0. The molecule has 2 aromatic carbocycles. The third kappa shape index (κ3) is 7.98. The molecule has 0 spiro atoms. The van der Waals surface area contributed by atoms with Crippen molar-refractivity contribution in [2.45, 2.75) is 26.6 Å². The molecule has 0 aliphatic rings. The lowest BCUT2D eigenvalue weighted by molar-refractivity contribution is -0.0514. The molecule has 0 amide bonds. The van der Waals surface area contributed by atoms with E-state index >= 15 is 0 Å². The number of ether oxygens (including phenoxy) is 2. The molecule has 0 aromatic heterocycles. The maximum atomic E-state index is 12.5. The Balaban J connectivity index is 0.00000364. The summed E-state index contributed by atoms with van der Waals surface area (Å²) in [7, 11) is 1.69. The summed E-state index contributed by atoms with van der Waals surface area (Å²) in [6.45, 7) is 0.359. The van der Waals surface area contributed by atoms with Crippen LogP contribution in [0.15, 0.2) is 53.5 Å². The maximum absolute atomic E-state index is 12.5. The molecule has 0 saturated heterocycles. The predicted octanol–water partition coefficient (Wildman–Crippen LogP) is 4.17. The number of benzene rings is 2. The normalized spacial score (nSPS) is 10.9. The average molecular weight is 491 g/mol. The van der Waals surface area contributed by atoms with Gasteiger partial charge in [0.2, 0.25) is 0 Å². The van der Waals surface area contributed by atoms with E-state index in [0.29, 0.717) is 31.4 Å². The van der Waals surface area contributed by atoms with E-state index in [1.54, 1.807) is 26.1 Å². The molecule has 0 aliphatic heterocycles. The summed E-state index contributed by atoms with van der Waals surface area (Å²) in [4.78, 5) is 4.17. The average Bonchev–Trinajstić information content (AvgIpc) is 2.64. The molecule has 27 heavy (non-hydrogen) atoms. The monoisotopic (exact) mass is 491 g/mol. The Morgan fingerprint density at radius 3 is 2.26 bits per heavy atom. The lowest BCUT2D eigenvalue weighted by atomic mass is 10.2. The number of hydrogen-bond acceptors (Lipinski definition) is 3. The molecular weight excluding hydrogens is 467 g/mol. The second kappa shape index (κ2) is 12.3. The molecule has 2 N–H and O–H groups in total. The van der Waals surface area contributed by atoms with Crippen molar-refractivity contribution in [1.82, 2.24) is 10.6 Å². The van der Waals surface area contributed by atoms with Crippen LogP contribution in [-0.4, -0.2) is 26.2 Å². The Hall–Kier alpha value is -2.10. The second-order valence-electron chi connectivity index (χ2n) is 5.36. The minimum Gasteiger partial charge on any atom is -0.490 e. The van der Waals surface area contributed by atoms with E-state index < -0.39 is 6.61 Å². The van der Waals surface area contributed by atoms with Crippen LogP contribution in [0.5, 0.6) is 11.5 Å². The Labute approximate surface area is 175 Å². The Kier molecular flexibility index (Phi) is 10.5. The van der Waals surface area contributed by atoms with Gasteiger partial charge in [0.1, 0.15) is 0 Å². The topological polar surface area (TPSA) is 54.9 Å². The summed E-state index contributed by atoms with van der Waals surface area (Å²) in [6, 6.07) is 14.8. The zero-order valence-electron chi connectivity index (χ0n) is 15.2. The fraction of sp³-hybridized carbons (Fsp3) is 0.316. The standard InChI is InChI=1S/C19H23F2N3O2.HI/c1-3-25-17-11-15(9-10-16(17)26-18(20)21)13-24-19(22-2)23-12-14-7-5-4-6-8-14;/h4-11,18H,3,12-13H2,1-2H3,(H2,22,23,24);1H. The number of guanidine groups is 1. The first-order chi connectivity index (χ1) is 12.6. The largest absolute Gasteiger partial charge is 0.490 e. The Morgan fingerprint density at radius 2 is 1.67 bits per heavy atom. The minimum atomic E-state index is -2.89. The molecule has 0 heterocycles. The SMILES string of the molecule is CCOc1cc(CNC(=NC)NCc2ccccc2)ccc1OC(F)F.I. The van der Waals surface area contributed by atoms with Gasteiger partial charge in [0.05, 0.1) is 6.61 Å². The van der Waals surface area contributed by atoms with Crippen molar-refractivity contribution in [3.05, 3.63) is 59.7 Å². The van der Waals surface area contributed by atoms with Gasteiger partial charge in [-0.3, -0.25) is 4.99 Å². The molecule has 8 heteroatoms. The first-order valence-corrected chi connectivity index (χ1v) is 8.31. The number of aliphatic imine (C=N–C) groups is 1. The van der Waals surface area contributed by atoms with Crippen LogP contribution in [0.1, 0.15) is 18.1 Å². The molecule has 0 atom stereocenters. The van der Waals surface area contributed by atoms with Crippen LogP contribution in [0, 0.1) is 0 Å². The van der Waals surface area contributed by atoms with E-state index in [2.05, 4.69) is 20.4 Å². The molecule has 0 radical (unpaired) electrons. The van der Waals surface area contributed by atoms with Gasteiger partial charge in [-0.05, 0) is 30.2 Å². The quantitative estimate of drug-likeness (QED) is 0.331. The highest BCUT2D eigenvalue weighted by atomic mass is 127. The number of nitrogens with one attached hydrogen (secondary N) is 2. The van der Waals surface area contributed by atoms with Gasteiger partial charge in [-0.15, -0.1) is 24.0 Å². The third-order valence-electron chi connectivity index (χ3n) is 3.51. The van der Waals surface area contributed by atoms with Gasteiger partial charge in [0.15, 0.2) is 17.5 Å². The molecular formula is C19H24F2IN3O2. The molecule has 0 unspecified atom stereocenters. The van der Waals surface area contributed by atoms with Crippen LogP contribution in [0.2, 0.25) is 0 Å². The maximum Gasteiger partial charge on any atom is 0.387 e. The van der Waals surface area contributed by atoms with Crippen LogP contribution in [0.4, 0.5) is 8.78 Å². The lowest BCUT2D eigenvalue weighted by Crippen LogP contribution is -2.36. The summed E-state index contributed by atoms with van der Waals surface area (Å²) < 4.78 is 34.8. The smallest absolute Gasteiger partial charge is 0.387 e. The van der Waals surface area contributed by atoms with Crippen LogP contribution in [0.3, 0.4) is 0 Å². The van der Waals surface area contributed by atoms with E-state index in [1.165, 1.54) is 6.07 Å². The van der Waals surface area contributed by atoms with Crippen molar-refractivity contribution >= 4 is 29.9 Å². The molecule has 0 aliphatic carbocycles. The van der Waals surface area contributed by atoms with Gasteiger partial charge in [-0.1, -0.05) is 36.4 Å². The van der Waals surface area contributed by atoms with Gasteiger partial charge < -0.3 is 20.1 Å². The molecule has 2 rings (SSSR count). The third-order valence-corrected chi connectivity index (χ3v) is 3.51. The zero-order chi connectivity index (χ0) is 18.8. The van der Waals surface area contributed by atoms with E-state index in [1.807, 2.05) is 30.3 Å². The molecule has 2 aromatic rings. The van der Waals surface area contributed by atoms with Crippen molar-refractivity contribution in [1.29, 1.82) is 0 Å². The predicted molar refractivity (Wildman–Crippen MR) is 113 cm³/mol. The number of nitrogens with zero attached hydrogens (tertiary/aromatic N) is 1. The molecule has 148 valence electrons. The van der Waals surface area contributed by atoms with Gasteiger partial charge in [-0.25, -0.2) is 0 Å². The highest BCUT2D eigenvalue weighted by Crippen LogP contribution is 2.29. The van der Waals surface area contributed by atoms with Gasteiger partial charge in [-0.2, -0.15) is 8.78 Å². The number of halogens is 3. The number of rotatable bonds is 8. The van der Waals surface area contributed by atoms with Crippen molar-refractivity contribution < 1.29 is 18.3 Å². The molecule has 0 fully saturated rings.